The topological polar surface area (TPSA) is 145 Å². The zero-order valence-electron chi connectivity index (χ0n) is 20.7. The highest BCUT2D eigenvalue weighted by molar-refractivity contribution is 7.92. The number of benzene rings is 2. The number of nitriles is 1. The summed E-state index contributed by atoms with van der Waals surface area (Å²) < 4.78 is 71.3. The predicted octanol–water partition coefficient (Wildman–Crippen LogP) is 3.63. The fourth-order valence-electron chi connectivity index (χ4n) is 4.82. The van der Waals surface area contributed by atoms with Crippen molar-refractivity contribution in [2.75, 3.05) is 6.54 Å². The molecule has 2 aliphatic rings. The molecule has 40 heavy (non-hydrogen) atoms. The molecule has 2 amide bonds. The van der Waals surface area contributed by atoms with Crippen LogP contribution in [0, 0.1) is 11.3 Å². The number of carboxylic acid groups (broad SMARTS) is 1. The molecule has 1 saturated heterocycles. The first-order valence-corrected chi connectivity index (χ1v) is 13.7. The van der Waals surface area contributed by atoms with E-state index in [1.165, 1.54) is 23.0 Å². The van der Waals surface area contributed by atoms with E-state index in [-0.39, 0.29) is 5.69 Å². The van der Waals surface area contributed by atoms with E-state index in [1.54, 1.807) is 30.3 Å². The number of nitrogens with zero attached hydrogens (tertiary/aromatic N) is 4. The smallest absolute Gasteiger partial charge is 0.417 e. The van der Waals surface area contributed by atoms with Crippen LogP contribution in [0.15, 0.2) is 65.8 Å². The van der Waals surface area contributed by atoms with Gasteiger partial charge >= 0.3 is 12.3 Å². The van der Waals surface area contributed by atoms with Gasteiger partial charge in [0.25, 0.3) is 0 Å². The molecule has 2 aromatic carbocycles. The first kappa shape index (κ1) is 27.2. The van der Waals surface area contributed by atoms with E-state index >= 15 is 0 Å². The number of rotatable bonds is 6. The first-order chi connectivity index (χ1) is 18.9. The number of hydrogen-bond acceptors (Lipinski definition) is 6. The average molecular weight is 574 g/mol. The Morgan fingerprint density at radius 1 is 1.15 bits per heavy atom. The molecule has 0 unspecified atom stereocenters. The van der Waals surface area contributed by atoms with E-state index in [1.807, 2.05) is 6.07 Å². The predicted molar refractivity (Wildman–Crippen MR) is 134 cm³/mol. The Morgan fingerprint density at radius 3 is 2.45 bits per heavy atom. The van der Waals surface area contributed by atoms with Gasteiger partial charge in [0.05, 0.1) is 21.8 Å². The van der Waals surface area contributed by atoms with Gasteiger partial charge in [-0.2, -0.15) is 18.4 Å². The summed E-state index contributed by atoms with van der Waals surface area (Å²) in [4.78, 5) is 28.4. The number of aromatic nitrogens is 2. The van der Waals surface area contributed by atoms with Gasteiger partial charge in [0.15, 0.2) is 9.84 Å². The Morgan fingerprint density at radius 2 is 1.85 bits per heavy atom. The van der Waals surface area contributed by atoms with E-state index in [0.29, 0.717) is 35.2 Å². The summed E-state index contributed by atoms with van der Waals surface area (Å²) in [5.74, 6) is -0.518. The summed E-state index contributed by atoms with van der Waals surface area (Å²) in [5.41, 5.74) is -1.91. The fourth-order valence-corrected chi connectivity index (χ4v) is 6.71. The van der Waals surface area contributed by atoms with Crippen LogP contribution in [0.25, 0.3) is 17.1 Å². The molecule has 5 rings (SSSR count). The zero-order chi connectivity index (χ0) is 28.9. The summed E-state index contributed by atoms with van der Waals surface area (Å²) >= 11 is 0. The van der Waals surface area contributed by atoms with E-state index in [2.05, 4.69) is 10.3 Å². The average Bonchev–Trinajstić information content (AvgIpc) is 3.30. The number of carbonyl (C=O) groups is 2. The second-order valence-electron chi connectivity index (χ2n) is 9.70. The molecule has 2 atom stereocenters. The fraction of sp³-hybridized carbons (Fsp3) is 0.308. The molecule has 2 fully saturated rings. The molecule has 1 aliphatic carbocycles. The van der Waals surface area contributed by atoms with Crippen molar-refractivity contribution >= 4 is 21.8 Å². The Balaban J connectivity index is 1.50. The Kier molecular flexibility index (Phi) is 6.57. The van der Waals surface area contributed by atoms with Crippen LogP contribution in [0.1, 0.15) is 24.8 Å². The molecule has 0 bridgehead atoms. The largest absolute Gasteiger partial charge is 0.465 e. The number of sulfone groups is 1. The number of nitrogens with one attached hydrogen (secondary N) is 1. The molecule has 208 valence electrons. The third kappa shape index (κ3) is 4.88. The van der Waals surface area contributed by atoms with Gasteiger partial charge in [-0.25, -0.2) is 18.2 Å². The van der Waals surface area contributed by atoms with Crippen LogP contribution in [0.4, 0.5) is 18.0 Å². The molecule has 2 heterocycles. The van der Waals surface area contributed by atoms with Crippen molar-refractivity contribution in [1.29, 1.82) is 5.26 Å². The Bertz CT molecular complexity index is 1630. The molecule has 10 nitrogen and oxygen atoms in total. The van der Waals surface area contributed by atoms with Crippen LogP contribution in [0.5, 0.6) is 0 Å². The van der Waals surface area contributed by atoms with Crippen molar-refractivity contribution in [2.45, 2.75) is 47.2 Å². The molecule has 1 aromatic heterocycles. The van der Waals surface area contributed by atoms with Gasteiger partial charge in [0, 0.05) is 30.2 Å². The second-order valence-corrected chi connectivity index (χ2v) is 11.9. The molecule has 0 spiro atoms. The molecule has 0 radical (unpaired) electrons. The van der Waals surface area contributed by atoms with Gasteiger partial charge in [-0.1, -0.05) is 30.3 Å². The van der Waals surface area contributed by atoms with Crippen molar-refractivity contribution in [3.8, 4) is 23.1 Å². The van der Waals surface area contributed by atoms with Gasteiger partial charge < -0.3 is 10.4 Å². The Labute approximate surface area is 226 Å². The summed E-state index contributed by atoms with van der Waals surface area (Å²) in [6, 6.07) is 11.9. The number of carbonyl (C=O) groups excluding carboxylic acids is 1. The molecular weight excluding hydrogens is 551 g/mol. The van der Waals surface area contributed by atoms with Gasteiger partial charge in [0.1, 0.15) is 17.4 Å². The summed E-state index contributed by atoms with van der Waals surface area (Å²) in [7, 11) is -4.76. The lowest BCUT2D eigenvalue weighted by Crippen LogP contribution is -2.49. The number of alkyl halides is 3. The van der Waals surface area contributed by atoms with Gasteiger partial charge in [-0.3, -0.25) is 14.3 Å². The standard InChI is InChI=1S/C26H22F3N5O5S/c27-26(28,29)19-12-17(33-11-10-31-22(33)16-4-2-1-3-5-16)6-7-21(19)40(38,39)18-13-20(34(14-18)24(36)37)23(35)32-25(15-30)8-9-25/h1-7,10-12,18,20H,8-9,13-14H2,(H,32,35)(H,36,37)/t18-,20+/m1/s1. The lowest BCUT2D eigenvalue weighted by atomic mass is 10.1. The van der Waals surface area contributed by atoms with Crippen molar-refractivity contribution in [1.82, 2.24) is 19.8 Å². The monoisotopic (exact) mass is 573 g/mol. The van der Waals surface area contributed by atoms with E-state index in [4.69, 9.17) is 0 Å². The Hall–Kier alpha value is -4.38. The van der Waals surface area contributed by atoms with Gasteiger partial charge in [-0.05, 0) is 37.5 Å². The van der Waals surface area contributed by atoms with E-state index in [0.717, 1.165) is 6.07 Å². The van der Waals surface area contributed by atoms with Gasteiger partial charge in [-0.15, -0.1) is 0 Å². The maximum absolute atomic E-state index is 14.3. The highest BCUT2D eigenvalue weighted by Gasteiger charge is 2.51. The highest BCUT2D eigenvalue weighted by Crippen LogP contribution is 2.40. The third-order valence-electron chi connectivity index (χ3n) is 7.10. The highest BCUT2D eigenvalue weighted by atomic mass is 32.2. The molecule has 1 aliphatic heterocycles. The van der Waals surface area contributed by atoms with Crippen LogP contribution < -0.4 is 5.32 Å². The lowest BCUT2D eigenvalue weighted by Gasteiger charge is -2.21. The third-order valence-corrected chi connectivity index (χ3v) is 9.29. The molecule has 3 aromatic rings. The van der Waals surface area contributed by atoms with Crippen molar-refractivity contribution in [3.05, 3.63) is 66.5 Å². The van der Waals surface area contributed by atoms with Crippen LogP contribution in [-0.4, -0.2) is 63.4 Å². The SMILES string of the molecule is N#CC1(NC(=O)[C@@H]2C[C@@H](S(=O)(=O)c3ccc(-n4ccnc4-c4ccccc4)cc3C(F)(F)F)CN2C(=O)O)CC1. The number of halogens is 3. The van der Waals surface area contributed by atoms with Crippen molar-refractivity contribution in [2.24, 2.45) is 0 Å². The normalized spacial score (nSPS) is 20.1. The molecule has 1 saturated carbocycles. The quantitative estimate of drug-likeness (QED) is 0.458. The second kappa shape index (κ2) is 9.67. The zero-order valence-corrected chi connectivity index (χ0v) is 21.5. The van der Waals surface area contributed by atoms with Crippen LogP contribution in [0.3, 0.4) is 0 Å². The first-order valence-electron chi connectivity index (χ1n) is 12.1. The number of amides is 2. The van der Waals surface area contributed by atoms with Crippen LogP contribution >= 0.6 is 0 Å². The van der Waals surface area contributed by atoms with Crippen molar-refractivity contribution in [3.63, 3.8) is 0 Å². The van der Waals surface area contributed by atoms with Gasteiger partial charge in [0.2, 0.25) is 5.91 Å². The maximum Gasteiger partial charge on any atom is 0.417 e. The number of imidazole rings is 1. The minimum absolute atomic E-state index is 0.0182. The molecule has 2 N–H and O–H groups in total. The van der Waals surface area contributed by atoms with Crippen LogP contribution in [0.2, 0.25) is 0 Å². The van der Waals surface area contributed by atoms with Crippen molar-refractivity contribution < 1.29 is 36.3 Å². The molecular formula is C26H22F3N5O5S. The van der Waals surface area contributed by atoms with Crippen LogP contribution in [-0.2, 0) is 20.8 Å². The summed E-state index contributed by atoms with van der Waals surface area (Å²) in [6.45, 7) is -0.700. The van der Waals surface area contributed by atoms with E-state index < -0.39 is 68.3 Å². The minimum Gasteiger partial charge on any atom is -0.465 e. The number of hydrogen-bond donors (Lipinski definition) is 2. The summed E-state index contributed by atoms with van der Waals surface area (Å²) in [6.07, 6.45) is -3.64. The van der Waals surface area contributed by atoms with E-state index in [9.17, 15) is 41.5 Å². The number of likely N-dealkylation sites (tertiary alicyclic amines) is 1. The lowest BCUT2D eigenvalue weighted by molar-refractivity contribution is -0.139. The summed E-state index contributed by atoms with van der Waals surface area (Å²) in [5, 5.41) is 19.7. The maximum atomic E-state index is 14.3. The minimum atomic E-state index is -5.07. The molecule has 14 heteroatoms.